The number of carbonyl (C=O) groups excluding carboxylic acids is 1. The number of nitrogens with zero attached hydrogens (tertiary/aromatic N) is 5. The van der Waals surface area contributed by atoms with Gasteiger partial charge >= 0.3 is 11.4 Å². The smallest absolute Gasteiger partial charge is 0.333 e. The van der Waals surface area contributed by atoms with Crippen molar-refractivity contribution in [3.05, 3.63) is 105 Å². The average Bonchev–Trinajstić information content (AvgIpc) is 3.54. The van der Waals surface area contributed by atoms with Crippen molar-refractivity contribution in [2.24, 2.45) is 5.92 Å². The van der Waals surface area contributed by atoms with Crippen molar-refractivity contribution < 1.29 is 13.6 Å². The Morgan fingerprint density at radius 2 is 1.81 bits per heavy atom. The maximum Gasteiger partial charge on any atom is 0.333 e. The lowest BCUT2D eigenvalue weighted by Crippen LogP contribution is -2.39. The first-order chi connectivity index (χ1) is 20.3. The molecule has 4 heterocycles. The molecule has 0 atom stereocenters. The number of pyridine rings is 2. The molecule has 0 bridgehead atoms. The standard InChI is InChI=1S/C29H26ClF2N7O3/c30-18-13-21(25(26(31)32)35-14-18)27(40)36-19-7-5-17(6-8-19)16-38-22-3-1-2-4-23(22)39(29(38)42)20-9-10-24(34-15-20)37-12-11-33-28(37)41/h1-4,9-15,17,19,26H,5-8,16H2,(H,33,41)(H,36,40). The molecule has 0 saturated heterocycles. The monoisotopic (exact) mass is 593 g/mol. The Morgan fingerprint density at radius 3 is 2.48 bits per heavy atom. The number of amides is 1. The van der Waals surface area contributed by atoms with Crippen LogP contribution >= 0.6 is 11.6 Å². The maximum atomic E-state index is 13.7. The number of hydrogen-bond donors (Lipinski definition) is 2. The van der Waals surface area contributed by atoms with Gasteiger partial charge in [-0.3, -0.25) is 23.5 Å². The predicted molar refractivity (Wildman–Crippen MR) is 153 cm³/mol. The van der Waals surface area contributed by atoms with E-state index in [0.717, 1.165) is 30.1 Å². The normalized spacial score (nSPS) is 17.1. The number of para-hydroxylation sites is 2. The Bertz CT molecular complexity index is 1870. The van der Waals surface area contributed by atoms with Crippen molar-refractivity contribution in [1.29, 1.82) is 0 Å². The van der Waals surface area contributed by atoms with E-state index in [0.29, 0.717) is 30.9 Å². The molecule has 10 nitrogen and oxygen atoms in total. The van der Waals surface area contributed by atoms with Gasteiger partial charge in [-0.25, -0.2) is 23.4 Å². The fraction of sp³-hybridized carbons (Fsp3) is 0.276. The van der Waals surface area contributed by atoms with Crippen LogP contribution < -0.4 is 16.7 Å². The zero-order valence-corrected chi connectivity index (χ0v) is 23.0. The van der Waals surface area contributed by atoms with Gasteiger partial charge in [-0.05, 0) is 61.9 Å². The number of benzene rings is 1. The van der Waals surface area contributed by atoms with Gasteiger partial charge in [0, 0.05) is 31.2 Å². The lowest BCUT2D eigenvalue weighted by atomic mass is 9.85. The van der Waals surface area contributed by atoms with E-state index >= 15 is 0 Å². The first-order valence-electron chi connectivity index (χ1n) is 13.5. The van der Waals surface area contributed by atoms with Crippen molar-refractivity contribution in [1.82, 2.24) is 34.0 Å². The highest BCUT2D eigenvalue weighted by Crippen LogP contribution is 2.29. The molecule has 0 spiro atoms. The molecule has 42 heavy (non-hydrogen) atoms. The summed E-state index contributed by atoms with van der Waals surface area (Å²) in [5.74, 6) is -0.00715. The van der Waals surface area contributed by atoms with Crippen LogP contribution in [0.2, 0.25) is 5.02 Å². The molecule has 5 aromatic rings. The molecule has 1 aromatic carbocycles. The minimum atomic E-state index is -2.89. The topological polar surface area (TPSA) is 120 Å². The highest BCUT2D eigenvalue weighted by molar-refractivity contribution is 6.30. The number of imidazole rings is 2. The lowest BCUT2D eigenvalue weighted by molar-refractivity contribution is 0.0904. The summed E-state index contributed by atoms with van der Waals surface area (Å²) in [6.45, 7) is 0.491. The van der Waals surface area contributed by atoms with Crippen molar-refractivity contribution in [2.45, 2.75) is 44.7 Å². The van der Waals surface area contributed by atoms with Crippen LogP contribution in [0.25, 0.3) is 22.5 Å². The van der Waals surface area contributed by atoms with Gasteiger partial charge in [0.05, 0.1) is 33.5 Å². The first kappa shape index (κ1) is 27.6. The third-order valence-electron chi connectivity index (χ3n) is 7.68. The molecule has 216 valence electrons. The number of aromatic amines is 1. The average molecular weight is 594 g/mol. The summed E-state index contributed by atoms with van der Waals surface area (Å²) in [5.41, 5.74) is 0.780. The van der Waals surface area contributed by atoms with Crippen LogP contribution in [0.3, 0.4) is 0 Å². The molecule has 0 radical (unpaired) electrons. The molecule has 4 aromatic heterocycles. The molecular formula is C29H26ClF2N7O3. The summed E-state index contributed by atoms with van der Waals surface area (Å²) in [6.07, 6.45) is 5.66. The van der Waals surface area contributed by atoms with E-state index in [1.807, 2.05) is 24.3 Å². The van der Waals surface area contributed by atoms with E-state index in [4.69, 9.17) is 11.6 Å². The zero-order valence-electron chi connectivity index (χ0n) is 22.2. The number of H-pyrrole nitrogens is 1. The number of aromatic nitrogens is 6. The Hall–Kier alpha value is -4.58. The second-order valence-electron chi connectivity index (χ2n) is 10.3. The molecule has 1 saturated carbocycles. The van der Waals surface area contributed by atoms with Crippen molar-refractivity contribution >= 4 is 28.5 Å². The predicted octanol–water partition coefficient (Wildman–Crippen LogP) is 4.64. The summed E-state index contributed by atoms with van der Waals surface area (Å²) >= 11 is 5.90. The molecule has 1 fully saturated rings. The van der Waals surface area contributed by atoms with E-state index in [1.54, 1.807) is 33.7 Å². The fourth-order valence-electron chi connectivity index (χ4n) is 5.60. The van der Waals surface area contributed by atoms with Gasteiger partial charge in [0.2, 0.25) is 0 Å². The number of nitrogens with one attached hydrogen (secondary N) is 2. The van der Waals surface area contributed by atoms with Gasteiger partial charge in [-0.1, -0.05) is 23.7 Å². The minimum Gasteiger partial charge on any atom is -0.349 e. The highest BCUT2D eigenvalue weighted by atomic mass is 35.5. The van der Waals surface area contributed by atoms with Gasteiger partial charge < -0.3 is 10.3 Å². The number of carbonyl (C=O) groups is 1. The summed E-state index contributed by atoms with van der Waals surface area (Å²) < 4.78 is 31.5. The van der Waals surface area contributed by atoms with Crippen molar-refractivity contribution in [2.75, 3.05) is 0 Å². The molecule has 1 aliphatic carbocycles. The van der Waals surface area contributed by atoms with Gasteiger partial charge in [0.15, 0.2) is 0 Å². The summed E-state index contributed by atoms with van der Waals surface area (Å²) in [6, 6.07) is 12.0. The maximum absolute atomic E-state index is 13.7. The SMILES string of the molecule is O=C(NC1CCC(Cn2c(=O)n(-c3ccc(-n4cc[nH]c4=O)nc3)c3ccccc32)CC1)c1cc(Cl)cnc1C(F)F. The van der Waals surface area contributed by atoms with Gasteiger partial charge in [0.1, 0.15) is 11.5 Å². The van der Waals surface area contributed by atoms with Gasteiger partial charge in [0.25, 0.3) is 12.3 Å². The van der Waals surface area contributed by atoms with E-state index in [2.05, 4.69) is 20.3 Å². The quantitative estimate of drug-likeness (QED) is 0.285. The van der Waals surface area contributed by atoms with Crippen LogP contribution in [-0.4, -0.2) is 40.6 Å². The molecule has 0 unspecified atom stereocenters. The fourth-order valence-corrected chi connectivity index (χ4v) is 5.76. The van der Waals surface area contributed by atoms with Crippen LogP contribution in [0, 0.1) is 5.92 Å². The first-order valence-corrected chi connectivity index (χ1v) is 13.9. The molecule has 6 rings (SSSR count). The summed E-state index contributed by atoms with van der Waals surface area (Å²) in [5, 5.41) is 2.96. The third-order valence-corrected chi connectivity index (χ3v) is 7.89. The molecule has 2 N–H and O–H groups in total. The number of hydrogen-bond acceptors (Lipinski definition) is 5. The van der Waals surface area contributed by atoms with Gasteiger partial charge in [-0.2, -0.15) is 0 Å². The van der Waals surface area contributed by atoms with Crippen LogP contribution in [0.15, 0.2) is 76.8 Å². The summed E-state index contributed by atoms with van der Waals surface area (Å²) in [4.78, 5) is 49.0. The largest absolute Gasteiger partial charge is 0.349 e. The van der Waals surface area contributed by atoms with E-state index in [-0.39, 0.29) is 33.9 Å². The lowest BCUT2D eigenvalue weighted by Gasteiger charge is -2.29. The second-order valence-corrected chi connectivity index (χ2v) is 10.7. The second kappa shape index (κ2) is 11.4. The van der Waals surface area contributed by atoms with E-state index in [9.17, 15) is 23.2 Å². The van der Waals surface area contributed by atoms with E-state index < -0.39 is 18.0 Å². The van der Waals surface area contributed by atoms with Gasteiger partial charge in [-0.15, -0.1) is 0 Å². The molecule has 1 amide bonds. The number of alkyl halides is 2. The van der Waals surface area contributed by atoms with Crippen LogP contribution in [0.1, 0.15) is 48.2 Å². The molecule has 1 aliphatic rings. The number of fused-ring (bicyclic) bond motifs is 1. The van der Waals surface area contributed by atoms with Crippen molar-refractivity contribution in [3.8, 4) is 11.5 Å². The zero-order chi connectivity index (χ0) is 29.4. The third kappa shape index (κ3) is 5.25. The Balaban J connectivity index is 1.18. The molecule has 13 heteroatoms. The molecule has 0 aliphatic heterocycles. The Morgan fingerprint density at radius 1 is 1.05 bits per heavy atom. The van der Waals surface area contributed by atoms with Crippen LogP contribution in [0.5, 0.6) is 0 Å². The van der Waals surface area contributed by atoms with Crippen LogP contribution in [0.4, 0.5) is 8.78 Å². The highest BCUT2D eigenvalue weighted by Gasteiger charge is 2.27. The van der Waals surface area contributed by atoms with Crippen molar-refractivity contribution in [3.63, 3.8) is 0 Å². The molecular weight excluding hydrogens is 568 g/mol. The Labute approximate surface area is 242 Å². The van der Waals surface area contributed by atoms with Crippen LogP contribution in [-0.2, 0) is 6.54 Å². The van der Waals surface area contributed by atoms with E-state index in [1.165, 1.54) is 16.8 Å². The Kier molecular flexibility index (Phi) is 7.46. The number of halogens is 3. The number of rotatable bonds is 7. The minimum absolute atomic E-state index is 0.112. The summed E-state index contributed by atoms with van der Waals surface area (Å²) in [7, 11) is 0.